The highest BCUT2D eigenvalue weighted by atomic mass is 79.9. The van der Waals surface area contributed by atoms with Gasteiger partial charge in [0.05, 0.1) is 11.4 Å². The van der Waals surface area contributed by atoms with E-state index in [1.807, 2.05) is 30.3 Å². The lowest BCUT2D eigenvalue weighted by Crippen LogP contribution is -2.50. The number of rotatable bonds is 6. The van der Waals surface area contributed by atoms with Crippen molar-refractivity contribution in [1.29, 1.82) is 0 Å². The van der Waals surface area contributed by atoms with Crippen molar-refractivity contribution < 1.29 is 9.53 Å². The summed E-state index contributed by atoms with van der Waals surface area (Å²) >= 11 is 21.4. The van der Waals surface area contributed by atoms with E-state index in [-0.39, 0.29) is 0 Å². The van der Waals surface area contributed by atoms with Crippen LogP contribution in [0.5, 0.6) is 5.75 Å². The first-order valence-electron chi connectivity index (χ1n) is 8.93. The van der Waals surface area contributed by atoms with Crippen molar-refractivity contribution in [1.82, 2.24) is 5.32 Å². The number of azo groups is 1. The molecular formula is C21H16BrCl3N4O2. The number of ether oxygens (including phenoxy) is 1. The van der Waals surface area contributed by atoms with Gasteiger partial charge in [-0.1, -0.05) is 68.9 Å². The predicted molar refractivity (Wildman–Crippen MR) is 128 cm³/mol. The Hall–Kier alpha value is -2.32. The lowest BCUT2D eigenvalue weighted by molar-refractivity contribution is 0.197. The number of nitrogens with zero attached hydrogens (tertiary/aromatic N) is 2. The van der Waals surface area contributed by atoms with E-state index in [1.54, 1.807) is 48.5 Å². The van der Waals surface area contributed by atoms with Gasteiger partial charge >= 0.3 is 6.09 Å². The van der Waals surface area contributed by atoms with E-state index in [2.05, 4.69) is 36.8 Å². The number of halogens is 4. The van der Waals surface area contributed by atoms with Gasteiger partial charge in [-0.25, -0.2) is 4.79 Å². The van der Waals surface area contributed by atoms with Crippen LogP contribution in [0.1, 0.15) is 0 Å². The van der Waals surface area contributed by atoms with Gasteiger partial charge in [0.15, 0.2) is 0 Å². The number of carbonyl (C=O) groups excluding carboxylic acids is 1. The van der Waals surface area contributed by atoms with Crippen molar-refractivity contribution in [3.05, 3.63) is 83.3 Å². The van der Waals surface area contributed by atoms with Crippen LogP contribution in [-0.4, -0.2) is 16.1 Å². The molecule has 0 heterocycles. The zero-order valence-corrected chi connectivity index (χ0v) is 19.7. The van der Waals surface area contributed by atoms with E-state index < -0.39 is 16.1 Å². The second kappa shape index (κ2) is 10.8. The van der Waals surface area contributed by atoms with E-state index in [0.29, 0.717) is 17.1 Å². The maximum atomic E-state index is 12.2. The zero-order valence-electron chi connectivity index (χ0n) is 15.8. The van der Waals surface area contributed by atoms with E-state index in [9.17, 15) is 4.79 Å². The van der Waals surface area contributed by atoms with Crippen LogP contribution in [0, 0.1) is 0 Å². The molecule has 0 bridgehead atoms. The number of amides is 1. The van der Waals surface area contributed by atoms with Crippen LogP contribution in [-0.2, 0) is 0 Å². The monoisotopic (exact) mass is 540 g/mol. The number of hydrogen-bond donors (Lipinski definition) is 2. The molecule has 6 nitrogen and oxygen atoms in total. The van der Waals surface area contributed by atoms with Crippen molar-refractivity contribution in [2.45, 2.75) is 9.96 Å². The van der Waals surface area contributed by atoms with Crippen LogP contribution in [0.2, 0.25) is 0 Å². The summed E-state index contributed by atoms with van der Waals surface area (Å²) in [4.78, 5) is 12.2. The lowest BCUT2D eigenvalue weighted by Gasteiger charge is -2.27. The summed E-state index contributed by atoms with van der Waals surface area (Å²) in [7, 11) is 0. The van der Waals surface area contributed by atoms with Crippen molar-refractivity contribution in [2.75, 3.05) is 5.32 Å². The van der Waals surface area contributed by atoms with Crippen molar-refractivity contribution in [3.8, 4) is 5.75 Å². The summed E-state index contributed by atoms with van der Waals surface area (Å²) in [5.74, 6) is 0.344. The Bertz CT molecular complexity index is 1030. The standard InChI is InChI=1S/C21H16BrCl3N4O2/c22-14-6-12-18(13-7-14)31-20(30)27-19(21(23,24)25)26-15-8-10-17(11-9-15)29-28-16-4-2-1-3-5-16/h1-13,19,26H,(H,27,30). The van der Waals surface area contributed by atoms with Crippen LogP contribution in [0.25, 0.3) is 0 Å². The summed E-state index contributed by atoms with van der Waals surface area (Å²) in [6.45, 7) is 0. The fourth-order valence-corrected chi connectivity index (χ4v) is 2.95. The molecule has 0 aliphatic heterocycles. The highest BCUT2D eigenvalue weighted by Crippen LogP contribution is 2.31. The van der Waals surface area contributed by atoms with Crippen LogP contribution >= 0.6 is 50.7 Å². The van der Waals surface area contributed by atoms with E-state index in [4.69, 9.17) is 39.5 Å². The molecule has 160 valence electrons. The molecule has 1 atom stereocenters. The second-order valence-electron chi connectivity index (χ2n) is 6.19. The lowest BCUT2D eigenvalue weighted by atomic mass is 10.3. The maximum Gasteiger partial charge on any atom is 0.414 e. The predicted octanol–water partition coefficient (Wildman–Crippen LogP) is 7.76. The van der Waals surface area contributed by atoms with Gasteiger partial charge in [-0.05, 0) is 60.7 Å². The Labute approximate surface area is 202 Å². The Morgan fingerprint density at radius 2 is 1.45 bits per heavy atom. The van der Waals surface area contributed by atoms with Gasteiger partial charge in [-0.2, -0.15) is 10.2 Å². The molecule has 0 aliphatic rings. The Kier molecular flexibility index (Phi) is 8.15. The smallest absolute Gasteiger partial charge is 0.410 e. The highest BCUT2D eigenvalue weighted by Gasteiger charge is 2.34. The zero-order chi connectivity index (χ0) is 22.3. The molecule has 0 aliphatic carbocycles. The van der Waals surface area contributed by atoms with Gasteiger partial charge in [0, 0.05) is 10.2 Å². The minimum atomic E-state index is -1.84. The Morgan fingerprint density at radius 3 is 2.03 bits per heavy atom. The van der Waals surface area contributed by atoms with Gasteiger partial charge < -0.3 is 10.1 Å². The maximum absolute atomic E-state index is 12.2. The molecule has 31 heavy (non-hydrogen) atoms. The molecule has 3 rings (SSSR count). The minimum Gasteiger partial charge on any atom is -0.410 e. The van der Waals surface area contributed by atoms with E-state index in [0.717, 1.165) is 10.2 Å². The average molecular weight is 543 g/mol. The summed E-state index contributed by atoms with van der Waals surface area (Å²) in [5.41, 5.74) is 1.98. The fourth-order valence-electron chi connectivity index (χ4n) is 2.36. The third-order valence-corrected chi connectivity index (χ3v) is 5.01. The van der Waals surface area contributed by atoms with Crippen molar-refractivity contribution >= 4 is 73.9 Å². The molecule has 0 spiro atoms. The average Bonchev–Trinajstić information content (AvgIpc) is 2.74. The van der Waals surface area contributed by atoms with Crippen LogP contribution in [0.3, 0.4) is 0 Å². The van der Waals surface area contributed by atoms with E-state index >= 15 is 0 Å². The normalized spacial score (nSPS) is 12.4. The quantitative estimate of drug-likeness (QED) is 0.190. The van der Waals surface area contributed by atoms with Gasteiger partial charge in [0.25, 0.3) is 0 Å². The fraction of sp³-hybridized carbons (Fsp3) is 0.0952. The van der Waals surface area contributed by atoms with Gasteiger partial charge in [0.2, 0.25) is 3.79 Å². The molecule has 0 fully saturated rings. The number of anilines is 1. The molecule has 0 saturated heterocycles. The number of benzene rings is 3. The molecule has 0 saturated carbocycles. The first-order valence-corrected chi connectivity index (χ1v) is 10.9. The number of carbonyl (C=O) groups is 1. The van der Waals surface area contributed by atoms with Gasteiger partial charge in [-0.15, -0.1) is 0 Å². The number of hydrogen-bond acceptors (Lipinski definition) is 5. The Balaban J connectivity index is 1.63. The van der Waals surface area contributed by atoms with Crippen LogP contribution in [0.4, 0.5) is 21.9 Å². The summed E-state index contributed by atoms with van der Waals surface area (Å²) in [6.07, 6.45) is -1.84. The third kappa shape index (κ3) is 7.70. The highest BCUT2D eigenvalue weighted by molar-refractivity contribution is 9.10. The molecule has 1 amide bonds. The topological polar surface area (TPSA) is 75.1 Å². The molecule has 3 aromatic rings. The minimum absolute atomic E-state index is 0.344. The second-order valence-corrected chi connectivity index (χ2v) is 9.47. The van der Waals surface area contributed by atoms with Crippen molar-refractivity contribution in [2.24, 2.45) is 10.2 Å². The van der Waals surface area contributed by atoms with Crippen molar-refractivity contribution in [3.63, 3.8) is 0 Å². The van der Waals surface area contributed by atoms with E-state index in [1.165, 1.54) is 0 Å². The molecular weight excluding hydrogens is 527 g/mol. The first kappa shape index (κ1) is 23.3. The van der Waals surface area contributed by atoms with Crippen LogP contribution in [0.15, 0.2) is 93.6 Å². The third-order valence-electron chi connectivity index (χ3n) is 3.83. The Morgan fingerprint density at radius 1 is 0.871 bits per heavy atom. The molecule has 0 radical (unpaired) electrons. The summed E-state index contributed by atoms with van der Waals surface area (Å²) in [5, 5.41) is 13.8. The largest absolute Gasteiger partial charge is 0.414 e. The number of nitrogens with one attached hydrogen (secondary N) is 2. The van der Waals surface area contributed by atoms with Crippen LogP contribution < -0.4 is 15.4 Å². The summed E-state index contributed by atoms with van der Waals surface area (Å²) < 4.78 is 4.22. The van der Waals surface area contributed by atoms with Gasteiger partial charge in [-0.3, -0.25) is 5.32 Å². The molecule has 3 aromatic carbocycles. The molecule has 0 aromatic heterocycles. The molecule has 2 N–H and O–H groups in total. The first-order chi connectivity index (χ1) is 14.8. The molecule has 1 unspecified atom stereocenters. The number of alkyl halides is 3. The summed E-state index contributed by atoms with van der Waals surface area (Å²) in [6, 6.07) is 23.0. The van der Waals surface area contributed by atoms with Gasteiger partial charge in [0.1, 0.15) is 11.9 Å². The molecule has 10 heteroatoms. The SMILES string of the molecule is O=C(NC(Nc1ccc(N=Nc2ccccc2)cc1)C(Cl)(Cl)Cl)Oc1ccc(Br)cc1.